The highest BCUT2D eigenvalue weighted by Gasteiger charge is 2.35. The first-order valence-electron chi connectivity index (χ1n) is 8.25. The van der Waals surface area contributed by atoms with Gasteiger partial charge in [-0.25, -0.2) is 8.42 Å². The zero-order valence-corrected chi connectivity index (χ0v) is 14.7. The van der Waals surface area contributed by atoms with Crippen molar-refractivity contribution < 1.29 is 13.2 Å². The Labute approximate surface area is 138 Å². The standard InChI is InChI=1S/C17H24N2O3S/c1-11(2)16-14-10-13(4-5-15(14)18-17(16)20)23(21,22)19-8-6-12(3)7-9-19/h4-5,10-12,16H,6-9H2,1-3H3,(H,18,20)/t16-/m1/s1. The van der Waals surface area contributed by atoms with E-state index < -0.39 is 10.0 Å². The van der Waals surface area contributed by atoms with Gasteiger partial charge in [-0.2, -0.15) is 4.31 Å². The topological polar surface area (TPSA) is 66.5 Å². The molecule has 0 aromatic heterocycles. The minimum absolute atomic E-state index is 0.0451. The molecule has 5 nitrogen and oxygen atoms in total. The van der Waals surface area contributed by atoms with Gasteiger partial charge in [0.15, 0.2) is 0 Å². The number of sulfonamides is 1. The van der Waals surface area contributed by atoms with Crippen LogP contribution in [0.2, 0.25) is 0 Å². The fourth-order valence-corrected chi connectivity index (χ4v) is 4.97. The fourth-order valence-electron chi connectivity index (χ4n) is 3.46. The van der Waals surface area contributed by atoms with E-state index in [1.807, 2.05) is 13.8 Å². The quantitative estimate of drug-likeness (QED) is 0.923. The first kappa shape index (κ1) is 16.5. The number of carbonyl (C=O) groups excluding carboxylic acids is 1. The Hall–Kier alpha value is -1.40. The molecule has 0 saturated carbocycles. The van der Waals surface area contributed by atoms with Crippen LogP contribution in [0.1, 0.15) is 45.1 Å². The summed E-state index contributed by atoms with van der Waals surface area (Å²) in [5.74, 6) is 0.386. The summed E-state index contributed by atoms with van der Waals surface area (Å²) in [7, 11) is -3.48. The van der Waals surface area contributed by atoms with Crippen LogP contribution in [0.3, 0.4) is 0 Å². The molecule has 1 N–H and O–H groups in total. The maximum atomic E-state index is 12.9. The van der Waals surface area contributed by atoms with E-state index in [0.29, 0.717) is 23.9 Å². The third-order valence-electron chi connectivity index (χ3n) is 4.95. The highest BCUT2D eigenvalue weighted by atomic mass is 32.2. The Morgan fingerprint density at radius 3 is 2.48 bits per heavy atom. The molecule has 1 fully saturated rings. The number of rotatable bonds is 3. The minimum Gasteiger partial charge on any atom is -0.325 e. The van der Waals surface area contributed by atoms with E-state index in [9.17, 15) is 13.2 Å². The molecular weight excluding hydrogens is 312 g/mol. The molecule has 1 saturated heterocycles. The molecule has 23 heavy (non-hydrogen) atoms. The number of carbonyl (C=O) groups is 1. The molecule has 1 aromatic rings. The van der Waals surface area contributed by atoms with Crippen molar-refractivity contribution in [3.8, 4) is 0 Å². The molecule has 1 atom stereocenters. The van der Waals surface area contributed by atoms with Crippen LogP contribution in [0, 0.1) is 11.8 Å². The van der Waals surface area contributed by atoms with E-state index in [1.165, 1.54) is 0 Å². The number of benzene rings is 1. The lowest BCUT2D eigenvalue weighted by molar-refractivity contribution is -0.117. The van der Waals surface area contributed by atoms with Crippen molar-refractivity contribution in [1.29, 1.82) is 0 Å². The van der Waals surface area contributed by atoms with Crippen LogP contribution >= 0.6 is 0 Å². The maximum Gasteiger partial charge on any atom is 0.243 e. The lowest BCUT2D eigenvalue weighted by atomic mass is 9.90. The number of hydrogen-bond acceptors (Lipinski definition) is 3. The van der Waals surface area contributed by atoms with Gasteiger partial charge in [0.05, 0.1) is 10.8 Å². The molecule has 126 valence electrons. The Bertz CT molecular complexity index is 719. The molecule has 1 aromatic carbocycles. The number of hydrogen-bond donors (Lipinski definition) is 1. The minimum atomic E-state index is -3.48. The van der Waals surface area contributed by atoms with Gasteiger partial charge in [0, 0.05) is 18.8 Å². The molecule has 3 rings (SSSR count). The Balaban J connectivity index is 1.94. The largest absolute Gasteiger partial charge is 0.325 e. The number of amides is 1. The summed E-state index contributed by atoms with van der Waals surface area (Å²) >= 11 is 0. The third-order valence-corrected chi connectivity index (χ3v) is 6.84. The molecule has 0 aliphatic carbocycles. The molecule has 6 heteroatoms. The molecule has 0 spiro atoms. The maximum absolute atomic E-state index is 12.9. The van der Waals surface area contributed by atoms with Crippen LogP contribution in [0.25, 0.3) is 0 Å². The van der Waals surface area contributed by atoms with Gasteiger partial charge in [-0.1, -0.05) is 20.8 Å². The predicted molar refractivity (Wildman–Crippen MR) is 89.8 cm³/mol. The second-order valence-corrected chi connectivity index (χ2v) is 8.98. The number of nitrogens with zero attached hydrogens (tertiary/aromatic N) is 1. The van der Waals surface area contributed by atoms with Crippen LogP contribution in [0.15, 0.2) is 23.1 Å². The summed E-state index contributed by atoms with van der Waals surface area (Å²) in [5, 5.41) is 2.85. The molecule has 2 heterocycles. The molecule has 1 amide bonds. The van der Waals surface area contributed by atoms with Crippen molar-refractivity contribution in [2.75, 3.05) is 18.4 Å². The number of anilines is 1. The summed E-state index contributed by atoms with van der Waals surface area (Å²) in [5.41, 5.74) is 1.54. The smallest absolute Gasteiger partial charge is 0.243 e. The van der Waals surface area contributed by atoms with Crippen LogP contribution in [-0.2, 0) is 14.8 Å². The monoisotopic (exact) mass is 336 g/mol. The van der Waals surface area contributed by atoms with Crippen molar-refractivity contribution >= 4 is 21.6 Å². The van der Waals surface area contributed by atoms with Gasteiger partial charge in [-0.05, 0) is 48.4 Å². The Kier molecular flexibility index (Phi) is 4.23. The van der Waals surface area contributed by atoms with E-state index in [0.717, 1.165) is 24.1 Å². The average Bonchev–Trinajstić information content (AvgIpc) is 2.82. The average molecular weight is 336 g/mol. The van der Waals surface area contributed by atoms with E-state index in [2.05, 4.69) is 12.2 Å². The number of piperidine rings is 1. The van der Waals surface area contributed by atoms with Crippen molar-refractivity contribution in [1.82, 2.24) is 4.31 Å². The zero-order chi connectivity index (χ0) is 16.8. The van der Waals surface area contributed by atoms with Gasteiger partial charge >= 0.3 is 0 Å². The zero-order valence-electron chi connectivity index (χ0n) is 13.9. The van der Waals surface area contributed by atoms with Gasteiger partial charge in [-0.3, -0.25) is 4.79 Å². The van der Waals surface area contributed by atoms with Crippen molar-refractivity contribution in [3.63, 3.8) is 0 Å². The highest BCUT2D eigenvalue weighted by molar-refractivity contribution is 7.89. The molecule has 0 unspecified atom stereocenters. The van der Waals surface area contributed by atoms with Gasteiger partial charge in [0.1, 0.15) is 0 Å². The van der Waals surface area contributed by atoms with Crippen LogP contribution in [0.4, 0.5) is 5.69 Å². The van der Waals surface area contributed by atoms with Gasteiger partial charge < -0.3 is 5.32 Å². The van der Waals surface area contributed by atoms with E-state index in [-0.39, 0.29) is 17.7 Å². The number of nitrogens with one attached hydrogen (secondary N) is 1. The van der Waals surface area contributed by atoms with E-state index >= 15 is 0 Å². The lowest BCUT2D eigenvalue weighted by Crippen LogP contribution is -2.37. The first-order chi connectivity index (χ1) is 10.8. The SMILES string of the molecule is CC1CCN(S(=O)(=O)c2ccc3c(c2)[C@@H](C(C)C)C(=O)N3)CC1. The number of fused-ring (bicyclic) bond motifs is 1. The molecule has 2 aliphatic rings. The lowest BCUT2D eigenvalue weighted by Gasteiger charge is -2.29. The molecular formula is C17H24N2O3S. The first-order valence-corrected chi connectivity index (χ1v) is 9.69. The summed E-state index contributed by atoms with van der Waals surface area (Å²) in [6, 6.07) is 5.01. The summed E-state index contributed by atoms with van der Waals surface area (Å²) < 4.78 is 27.3. The summed E-state index contributed by atoms with van der Waals surface area (Å²) in [6.45, 7) is 7.26. The fraction of sp³-hybridized carbons (Fsp3) is 0.588. The Morgan fingerprint density at radius 1 is 1.22 bits per heavy atom. The summed E-state index contributed by atoms with van der Waals surface area (Å²) in [4.78, 5) is 12.4. The van der Waals surface area contributed by atoms with Crippen molar-refractivity contribution in [3.05, 3.63) is 23.8 Å². The highest BCUT2D eigenvalue weighted by Crippen LogP contribution is 2.39. The van der Waals surface area contributed by atoms with Crippen molar-refractivity contribution in [2.24, 2.45) is 11.8 Å². The summed E-state index contributed by atoms with van der Waals surface area (Å²) in [6.07, 6.45) is 1.80. The van der Waals surface area contributed by atoms with Gasteiger partial charge in [-0.15, -0.1) is 0 Å². The van der Waals surface area contributed by atoms with E-state index in [4.69, 9.17) is 0 Å². The van der Waals surface area contributed by atoms with Gasteiger partial charge in [0.2, 0.25) is 15.9 Å². The van der Waals surface area contributed by atoms with Crippen LogP contribution < -0.4 is 5.32 Å². The normalized spacial score (nSPS) is 23.1. The predicted octanol–water partition coefficient (Wildman–Crippen LogP) is 2.80. The third kappa shape index (κ3) is 2.90. The van der Waals surface area contributed by atoms with Crippen molar-refractivity contribution in [2.45, 2.75) is 44.4 Å². The van der Waals surface area contributed by atoms with Crippen LogP contribution in [0.5, 0.6) is 0 Å². The molecule has 0 bridgehead atoms. The van der Waals surface area contributed by atoms with E-state index in [1.54, 1.807) is 22.5 Å². The van der Waals surface area contributed by atoms with Crippen LogP contribution in [-0.4, -0.2) is 31.7 Å². The van der Waals surface area contributed by atoms with Gasteiger partial charge in [0.25, 0.3) is 0 Å². The molecule has 2 aliphatic heterocycles. The second kappa shape index (κ2) is 5.91. The second-order valence-electron chi connectivity index (χ2n) is 7.05. The molecule has 0 radical (unpaired) electrons. The Morgan fingerprint density at radius 2 is 1.87 bits per heavy atom.